The zero-order valence-corrected chi connectivity index (χ0v) is 15.0. The number of thiophene rings is 1. The van der Waals surface area contributed by atoms with Crippen LogP contribution in [0.15, 0.2) is 50.4 Å². The van der Waals surface area contributed by atoms with Crippen LogP contribution in [0, 0.1) is 11.3 Å². The second-order valence-electron chi connectivity index (χ2n) is 5.32. The van der Waals surface area contributed by atoms with Crippen LogP contribution in [0.2, 0.25) is 0 Å². The van der Waals surface area contributed by atoms with Gasteiger partial charge in [0, 0.05) is 13.1 Å². The minimum atomic E-state index is -3.85. The summed E-state index contributed by atoms with van der Waals surface area (Å²) in [5.41, 5.74) is 0. The van der Waals surface area contributed by atoms with Crippen LogP contribution in [0.4, 0.5) is 0 Å². The molecule has 0 N–H and O–H groups in total. The van der Waals surface area contributed by atoms with Crippen molar-refractivity contribution in [2.45, 2.75) is 26.8 Å². The molecule has 2 heterocycles. The van der Waals surface area contributed by atoms with Crippen molar-refractivity contribution < 1.29 is 16.8 Å². The summed E-state index contributed by atoms with van der Waals surface area (Å²) in [7, 11) is -7.53. The molecule has 0 amide bonds. The number of hydrogen-bond donors (Lipinski definition) is 0. The third-order valence-corrected chi connectivity index (χ3v) is 8.90. The predicted molar refractivity (Wildman–Crippen MR) is 88.9 cm³/mol. The minimum absolute atomic E-state index is 0.0229. The average Bonchev–Trinajstić information content (AvgIpc) is 3.26. The standard InChI is InChI=1S/C15H14N2O4S3/c16-11-12-6-7-15(22-12)23(18,19)13-4-3-5-14(10-13)24(20,21)17-8-1-2-9-17/h3-7,10H,1-2,8-9H2. The summed E-state index contributed by atoms with van der Waals surface area (Å²) in [6.07, 6.45) is 1.62. The summed E-state index contributed by atoms with van der Waals surface area (Å²) < 4.78 is 51.9. The van der Waals surface area contributed by atoms with Crippen LogP contribution in [-0.2, 0) is 19.9 Å². The molecule has 1 aromatic heterocycles. The first-order valence-corrected chi connectivity index (χ1v) is 10.9. The van der Waals surface area contributed by atoms with Crippen molar-refractivity contribution in [2.24, 2.45) is 0 Å². The van der Waals surface area contributed by atoms with Crippen LogP contribution in [0.5, 0.6) is 0 Å². The van der Waals surface area contributed by atoms with E-state index in [4.69, 9.17) is 5.26 Å². The van der Waals surface area contributed by atoms with Gasteiger partial charge in [-0.05, 0) is 43.2 Å². The van der Waals surface area contributed by atoms with Crippen LogP contribution < -0.4 is 0 Å². The van der Waals surface area contributed by atoms with Crippen molar-refractivity contribution in [1.82, 2.24) is 4.31 Å². The number of sulfonamides is 1. The Morgan fingerprint density at radius 3 is 2.29 bits per heavy atom. The summed E-state index contributed by atoms with van der Waals surface area (Å²) in [6.45, 7) is 0.908. The number of rotatable bonds is 4. The maximum atomic E-state index is 12.7. The Morgan fingerprint density at radius 1 is 1.00 bits per heavy atom. The highest BCUT2D eigenvalue weighted by atomic mass is 32.2. The third-order valence-electron chi connectivity index (χ3n) is 3.78. The molecule has 126 valence electrons. The van der Waals surface area contributed by atoms with Crippen molar-refractivity contribution in [2.75, 3.05) is 13.1 Å². The van der Waals surface area contributed by atoms with E-state index in [-0.39, 0.29) is 18.9 Å². The second-order valence-corrected chi connectivity index (χ2v) is 10.5. The molecule has 0 spiro atoms. The van der Waals surface area contributed by atoms with E-state index in [2.05, 4.69) is 0 Å². The highest BCUT2D eigenvalue weighted by Gasteiger charge is 2.29. The molecule has 0 atom stereocenters. The van der Waals surface area contributed by atoms with Gasteiger partial charge in [-0.15, -0.1) is 11.3 Å². The van der Waals surface area contributed by atoms with Crippen molar-refractivity contribution in [3.05, 3.63) is 41.3 Å². The van der Waals surface area contributed by atoms with Crippen molar-refractivity contribution in [3.8, 4) is 6.07 Å². The van der Waals surface area contributed by atoms with Crippen molar-refractivity contribution in [1.29, 1.82) is 5.26 Å². The number of sulfone groups is 1. The highest BCUT2D eigenvalue weighted by molar-refractivity contribution is 7.93. The van der Waals surface area contributed by atoms with Gasteiger partial charge >= 0.3 is 0 Å². The molecule has 1 aliphatic rings. The molecule has 1 saturated heterocycles. The molecule has 9 heteroatoms. The van der Waals surface area contributed by atoms with Gasteiger partial charge < -0.3 is 0 Å². The molecule has 2 aromatic rings. The lowest BCUT2D eigenvalue weighted by Crippen LogP contribution is -2.27. The Labute approximate surface area is 144 Å². The Bertz CT molecular complexity index is 1010. The summed E-state index contributed by atoms with van der Waals surface area (Å²) in [6, 6.07) is 10.1. The molecular weight excluding hydrogens is 368 g/mol. The van der Waals surface area contributed by atoms with Crippen LogP contribution in [0.3, 0.4) is 0 Å². The largest absolute Gasteiger partial charge is 0.243 e. The lowest BCUT2D eigenvalue weighted by Gasteiger charge is -2.15. The second kappa shape index (κ2) is 6.29. The van der Waals surface area contributed by atoms with Gasteiger partial charge in [0.1, 0.15) is 15.2 Å². The molecule has 0 saturated carbocycles. The summed E-state index contributed by atoms with van der Waals surface area (Å²) in [4.78, 5) is 0.172. The molecule has 0 bridgehead atoms. The first kappa shape index (κ1) is 17.1. The van der Waals surface area contributed by atoms with Gasteiger partial charge in [0.15, 0.2) is 0 Å². The molecule has 1 aromatic carbocycles. The summed E-state index contributed by atoms with van der Waals surface area (Å²) >= 11 is 0.864. The molecule has 0 aliphatic carbocycles. The van der Waals surface area contributed by atoms with Gasteiger partial charge in [0.25, 0.3) is 0 Å². The fraction of sp³-hybridized carbons (Fsp3) is 0.267. The van der Waals surface area contributed by atoms with Crippen LogP contribution >= 0.6 is 11.3 Å². The summed E-state index contributed by atoms with van der Waals surface area (Å²) in [5, 5.41) is 8.84. The Morgan fingerprint density at radius 2 is 1.67 bits per heavy atom. The topological polar surface area (TPSA) is 95.3 Å². The van der Waals surface area contributed by atoms with Gasteiger partial charge in [0.2, 0.25) is 19.9 Å². The lowest BCUT2D eigenvalue weighted by molar-refractivity contribution is 0.477. The molecule has 0 radical (unpaired) electrons. The van der Waals surface area contributed by atoms with E-state index >= 15 is 0 Å². The highest BCUT2D eigenvalue weighted by Crippen LogP contribution is 2.29. The number of hydrogen-bond acceptors (Lipinski definition) is 6. The normalized spacial score (nSPS) is 16.1. The monoisotopic (exact) mass is 382 g/mol. The summed E-state index contributed by atoms with van der Waals surface area (Å²) in [5.74, 6) is 0. The van der Waals surface area contributed by atoms with E-state index in [1.54, 1.807) is 0 Å². The fourth-order valence-corrected chi connectivity index (χ4v) is 6.71. The molecule has 1 aliphatic heterocycles. The van der Waals surface area contributed by atoms with Gasteiger partial charge in [-0.3, -0.25) is 0 Å². The zero-order chi connectivity index (χ0) is 17.4. The maximum Gasteiger partial charge on any atom is 0.243 e. The zero-order valence-electron chi connectivity index (χ0n) is 12.5. The van der Waals surface area contributed by atoms with E-state index < -0.39 is 19.9 Å². The number of nitriles is 1. The van der Waals surface area contributed by atoms with Gasteiger partial charge in [-0.25, -0.2) is 16.8 Å². The number of benzene rings is 1. The molecular formula is C15H14N2O4S3. The first-order valence-electron chi connectivity index (χ1n) is 7.21. The molecule has 0 unspecified atom stereocenters. The quantitative estimate of drug-likeness (QED) is 0.808. The molecule has 24 heavy (non-hydrogen) atoms. The molecule has 6 nitrogen and oxygen atoms in total. The van der Waals surface area contributed by atoms with E-state index in [0.29, 0.717) is 13.1 Å². The van der Waals surface area contributed by atoms with Crippen LogP contribution in [0.1, 0.15) is 17.7 Å². The average molecular weight is 382 g/mol. The maximum absolute atomic E-state index is 12.7. The van der Waals surface area contributed by atoms with Gasteiger partial charge in [-0.1, -0.05) is 6.07 Å². The predicted octanol–water partition coefficient (Wildman–Crippen LogP) is 2.24. The van der Waals surface area contributed by atoms with E-state index in [1.165, 1.54) is 40.7 Å². The fourth-order valence-electron chi connectivity index (χ4n) is 2.52. The van der Waals surface area contributed by atoms with E-state index in [9.17, 15) is 16.8 Å². The lowest BCUT2D eigenvalue weighted by atomic mass is 10.4. The number of nitrogens with zero attached hydrogens (tertiary/aromatic N) is 2. The SMILES string of the molecule is N#Cc1ccc(S(=O)(=O)c2cccc(S(=O)(=O)N3CCCC3)c2)s1. The van der Waals surface area contributed by atoms with Crippen molar-refractivity contribution >= 4 is 31.2 Å². The first-order chi connectivity index (χ1) is 11.4. The van der Waals surface area contributed by atoms with Gasteiger partial charge in [0.05, 0.1) is 9.79 Å². The molecule has 1 fully saturated rings. The Kier molecular flexibility index (Phi) is 4.48. The molecule has 3 rings (SSSR count). The van der Waals surface area contributed by atoms with Crippen molar-refractivity contribution in [3.63, 3.8) is 0 Å². The van der Waals surface area contributed by atoms with E-state index in [1.807, 2.05) is 6.07 Å². The Balaban J connectivity index is 2.03. The smallest absolute Gasteiger partial charge is 0.218 e. The van der Waals surface area contributed by atoms with Gasteiger partial charge in [-0.2, -0.15) is 9.57 Å². The van der Waals surface area contributed by atoms with E-state index in [0.717, 1.165) is 24.2 Å². The minimum Gasteiger partial charge on any atom is -0.218 e. The Hall–Kier alpha value is -1.73. The third kappa shape index (κ3) is 2.98. The van der Waals surface area contributed by atoms with Crippen LogP contribution in [-0.4, -0.2) is 34.2 Å². The van der Waals surface area contributed by atoms with Crippen LogP contribution in [0.25, 0.3) is 0 Å².